The van der Waals surface area contributed by atoms with E-state index < -0.39 is 23.8 Å². The van der Waals surface area contributed by atoms with Crippen LogP contribution in [0.1, 0.15) is 44.7 Å². The summed E-state index contributed by atoms with van der Waals surface area (Å²) in [6, 6.07) is 13.6. The smallest absolute Gasteiger partial charge is 0.429 e. The Hall–Kier alpha value is -5.52. The molecule has 0 spiro atoms. The number of aromatic nitrogens is 4. The molecule has 1 N–H and O–H groups in total. The molecule has 6 rings (SSSR count). The quantitative estimate of drug-likeness (QED) is 0.252. The first-order chi connectivity index (χ1) is 21.2. The molecule has 5 aromatic rings. The number of benzene rings is 2. The van der Waals surface area contributed by atoms with E-state index in [0.29, 0.717) is 28.2 Å². The van der Waals surface area contributed by atoms with Gasteiger partial charge in [-0.15, -0.1) is 0 Å². The van der Waals surface area contributed by atoms with Crippen molar-refractivity contribution in [2.24, 2.45) is 0 Å². The van der Waals surface area contributed by atoms with Gasteiger partial charge < -0.3 is 19.7 Å². The van der Waals surface area contributed by atoms with Crippen LogP contribution in [0.15, 0.2) is 73.3 Å². The van der Waals surface area contributed by atoms with Gasteiger partial charge >= 0.3 is 6.16 Å². The van der Waals surface area contributed by atoms with Gasteiger partial charge in [-0.3, -0.25) is 14.0 Å². The Morgan fingerprint density at radius 3 is 2.55 bits per heavy atom. The van der Waals surface area contributed by atoms with Crippen molar-refractivity contribution in [1.29, 1.82) is 0 Å². The maximum absolute atomic E-state index is 14.7. The second kappa shape index (κ2) is 11.6. The Labute approximate surface area is 251 Å². The predicted octanol–water partition coefficient (Wildman–Crippen LogP) is 4.94. The number of hydrogen-bond donors (Lipinski definition) is 1. The largest absolute Gasteiger partial charge is 0.514 e. The fraction of sp³-hybridized carbons (Fsp3) is 0.219. The summed E-state index contributed by atoms with van der Waals surface area (Å²) in [5, 5.41) is 7.30. The number of halogens is 1. The van der Waals surface area contributed by atoms with Crippen LogP contribution in [0.3, 0.4) is 0 Å². The number of pyridine rings is 1. The van der Waals surface area contributed by atoms with Crippen LogP contribution in [0.2, 0.25) is 0 Å². The van der Waals surface area contributed by atoms with E-state index in [-0.39, 0.29) is 29.5 Å². The van der Waals surface area contributed by atoms with Crippen molar-refractivity contribution in [3.63, 3.8) is 0 Å². The number of hydrogen-bond acceptors (Lipinski definition) is 7. The predicted molar refractivity (Wildman–Crippen MR) is 158 cm³/mol. The molecule has 1 fully saturated rings. The summed E-state index contributed by atoms with van der Waals surface area (Å²) in [4.78, 5) is 44.1. The molecule has 3 heterocycles. The molecule has 1 saturated carbocycles. The first-order valence-corrected chi connectivity index (χ1v) is 14.0. The molecule has 2 aromatic carbocycles. The highest BCUT2D eigenvalue weighted by Crippen LogP contribution is 2.29. The number of carbonyl (C=O) groups excluding carboxylic acids is 3. The SMILES string of the molecule is Cc1cc(F)c(C(=O)NC2CC2)cc1-c1cnn(-c2cnc3cc(OC(=O)OCc4ccccc4)c(C(=O)N(C)C)cn23)c1. The van der Waals surface area contributed by atoms with Gasteiger partial charge in [0.25, 0.3) is 11.8 Å². The average Bonchev–Trinajstić information content (AvgIpc) is 3.51. The number of ether oxygens (including phenoxy) is 2. The lowest BCUT2D eigenvalue weighted by Gasteiger charge is -2.15. The Balaban J connectivity index is 1.30. The maximum Gasteiger partial charge on any atom is 0.514 e. The highest BCUT2D eigenvalue weighted by molar-refractivity contribution is 5.98. The zero-order valence-electron chi connectivity index (χ0n) is 24.3. The molecule has 2 amide bonds. The molecule has 0 unspecified atom stereocenters. The summed E-state index contributed by atoms with van der Waals surface area (Å²) in [5.74, 6) is -0.952. The fourth-order valence-corrected chi connectivity index (χ4v) is 4.72. The highest BCUT2D eigenvalue weighted by Gasteiger charge is 2.26. The summed E-state index contributed by atoms with van der Waals surface area (Å²) in [6.45, 7) is 1.77. The lowest BCUT2D eigenvalue weighted by molar-refractivity contribution is 0.0810. The highest BCUT2D eigenvalue weighted by atomic mass is 19.1. The van der Waals surface area contributed by atoms with Crippen molar-refractivity contribution in [2.75, 3.05) is 14.1 Å². The minimum Gasteiger partial charge on any atom is -0.429 e. The summed E-state index contributed by atoms with van der Waals surface area (Å²) < 4.78 is 28.6. The van der Waals surface area contributed by atoms with Crippen molar-refractivity contribution >= 4 is 23.6 Å². The summed E-state index contributed by atoms with van der Waals surface area (Å²) in [6.07, 6.45) is 7.23. The third-order valence-corrected chi connectivity index (χ3v) is 7.22. The normalized spacial score (nSPS) is 12.6. The van der Waals surface area contributed by atoms with E-state index in [2.05, 4.69) is 15.4 Å². The number of amides is 2. The third-order valence-electron chi connectivity index (χ3n) is 7.22. The van der Waals surface area contributed by atoms with Crippen LogP contribution in [0.25, 0.3) is 22.6 Å². The van der Waals surface area contributed by atoms with Crippen LogP contribution in [0, 0.1) is 12.7 Å². The number of rotatable bonds is 8. The first-order valence-electron chi connectivity index (χ1n) is 14.0. The molecule has 12 heteroatoms. The summed E-state index contributed by atoms with van der Waals surface area (Å²) >= 11 is 0. The zero-order valence-corrected chi connectivity index (χ0v) is 24.3. The fourth-order valence-electron chi connectivity index (χ4n) is 4.72. The van der Waals surface area contributed by atoms with Crippen LogP contribution < -0.4 is 10.1 Å². The van der Waals surface area contributed by atoms with Crippen molar-refractivity contribution < 1.29 is 28.2 Å². The molecule has 11 nitrogen and oxygen atoms in total. The standard InChI is InChI=1S/C32H29FN6O5/c1-19-11-26(33)24(30(40)36-22-9-10-22)12-23(19)21-14-35-39(16-21)29-15-34-28-13-27(25(17-38(28)29)31(41)37(2)3)44-32(42)43-18-20-7-5-4-6-8-20/h4-8,11-17,22H,9-10,18H2,1-3H3,(H,36,40). The number of nitrogens with one attached hydrogen (secondary N) is 1. The van der Waals surface area contributed by atoms with Crippen molar-refractivity contribution in [2.45, 2.75) is 32.4 Å². The van der Waals surface area contributed by atoms with Gasteiger partial charge in [-0.1, -0.05) is 30.3 Å². The Kier molecular flexibility index (Phi) is 7.56. The Bertz CT molecular complexity index is 1890. The van der Waals surface area contributed by atoms with Crippen molar-refractivity contribution in [3.05, 3.63) is 101 Å². The monoisotopic (exact) mass is 596 g/mol. The third kappa shape index (κ3) is 5.87. The number of nitrogens with zero attached hydrogens (tertiary/aromatic N) is 5. The van der Waals surface area contributed by atoms with Crippen LogP contribution >= 0.6 is 0 Å². The molecule has 224 valence electrons. The molecular formula is C32H29FN6O5. The molecule has 44 heavy (non-hydrogen) atoms. The molecule has 1 aliphatic carbocycles. The van der Waals surface area contributed by atoms with E-state index in [4.69, 9.17) is 9.47 Å². The lowest BCUT2D eigenvalue weighted by Crippen LogP contribution is -2.26. The lowest BCUT2D eigenvalue weighted by atomic mass is 9.99. The second-order valence-corrected chi connectivity index (χ2v) is 10.8. The molecule has 0 atom stereocenters. The topological polar surface area (TPSA) is 120 Å². The van der Waals surface area contributed by atoms with Gasteiger partial charge in [0.1, 0.15) is 18.1 Å². The number of imidazole rings is 1. The van der Waals surface area contributed by atoms with Gasteiger partial charge in [0.15, 0.2) is 11.6 Å². The number of aryl methyl sites for hydroxylation is 1. The summed E-state index contributed by atoms with van der Waals surface area (Å²) in [5.41, 5.74) is 3.20. The van der Waals surface area contributed by atoms with Gasteiger partial charge in [-0.2, -0.15) is 5.10 Å². The molecule has 0 bridgehead atoms. The van der Waals surface area contributed by atoms with E-state index in [1.54, 1.807) is 48.7 Å². The van der Waals surface area contributed by atoms with Crippen LogP contribution in [-0.4, -0.2) is 62.2 Å². The van der Waals surface area contributed by atoms with Gasteiger partial charge in [0.2, 0.25) is 0 Å². The van der Waals surface area contributed by atoms with Crippen LogP contribution in [-0.2, 0) is 11.3 Å². The van der Waals surface area contributed by atoms with Gasteiger partial charge in [-0.05, 0) is 48.6 Å². The van der Waals surface area contributed by atoms with Crippen LogP contribution in [0.4, 0.5) is 9.18 Å². The van der Waals surface area contributed by atoms with Gasteiger partial charge in [0, 0.05) is 44.2 Å². The molecule has 0 saturated heterocycles. The van der Waals surface area contributed by atoms with Crippen molar-refractivity contribution in [1.82, 2.24) is 29.4 Å². The summed E-state index contributed by atoms with van der Waals surface area (Å²) in [7, 11) is 3.17. The minimum atomic E-state index is -0.964. The van der Waals surface area contributed by atoms with Crippen molar-refractivity contribution in [3.8, 4) is 22.7 Å². The maximum atomic E-state index is 14.7. The number of carbonyl (C=O) groups is 3. The average molecular weight is 597 g/mol. The Morgan fingerprint density at radius 2 is 1.82 bits per heavy atom. The van der Waals surface area contributed by atoms with Crippen LogP contribution in [0.5, 0.6) is 5.75 Å². The Morgan fingerprint density at radius 1 is 1.05 bits per heavy atom. The second-order valence-electron chi connectivity index (χ2n) is 10.8. The van der Waals surface area contributed by atoms with E-state index >= 15 is 0 Å². The number of fused-ring (bicyclic) bond motifs is 1. The van der Waals surface area contributed by atoms with E-state index in [1.165, 1.54) is 29.3 Å². The van der Waals surface area contributed by atoms with E-state index in [1.807, 2.05) is 30.3 Å². The zero-order chi connectivity index (χ0) is 31.0. The minimum absolute atomic E-state index is 0.00786. The van der Waals surface area contributed by atoms with E-state index in [0.717, 1.165) is 18.4 Å². The molecule has 0 aliphatic heterocycles. The molecular weight excluding hydrogens is 567 g/mol. The first kappa shape index (κ1) is 28.6. The molecule has 1 aliphatic rings. The van der Waals surface area contributed by atoms with Gasteiger partial charge in [-0.25, -0.2) is 18.9 Å². The van der Waals surface area contributed by atoms with Gasteiger partial charge in [0.05, 0.1) is 23.5 Å². The van der Waals surface area contributed by atoms with E-state index in [9.17, 15) is 18.8 Å². The molecule has 3 aromatic heterocycles. The molecule has 0 radical (unpaired) electrons.